The molecule has 1 unspecified atom stereocenters. The summed E-state index contributed by atoms with van der Waals surface area (Å²) in [6.45, 7) is 18.5. The van der Waals surface area contributed by atoms with Crippen LogP contribution in [0.5, 0.6) is 0 Å². The van der Waals surface area contributed by atoms with Crippen molar-refractivity contribution >= 4 is 0 Å². The molecule has 0 aromatic carbocycles. The van der Waals surface area contributed by atoms with Crippen LogP contribution >= 0.6 is 0 Å². The molecule has 0 heterocycles. The van der Waals surface area contributed by atoms with Crippen molar-refractivity contribution in [1.29, 1.82) is 0 Å². The van der Waals surface area contributed by atoms with Gasteiger partial charge >= 0.3 is 0 Å². The Bertz CT molecular complexity index is 304. The van der Waals surface area contributed by atoms with E-state index < -0.39 is 0 Å². The molecule has 122 valence electrons. The molecule has 1 atom stereocenters. The average Bonchev–Trinajstić information content (AvgIpc) is 2.47. The molecule has 0 saturated carbocycles. The first-order valence-corrected chi connectivity index (χ1v) is 8.70. The Balaban J connectivity index is 0. The standard InChI is InChI=1S/C12H22.C9H16/c1-5-9-11(7-3)12(8-4)10-6-2;1-4-5-6-7-8-9(2)3/h5,9,12H,1,6-8,10H2,2-4H3;7-8H,2,4-6H2,1,3H3. The molecule has 0 spiro atoms. The smallest absolute Gasteiger partial charge is 0.0203 e. The molecular formula is C21H38. The van der Waals surface area contributed by atoms with Crippen LogP contribution in [0.1, 0.15) is 79.6 Å². The molecule has 0 rings (SSSR count). The predicted molar refractivity (Wildman–Crippen MR) is 101 cm³/mol. The molecule has 0 aromatic rings. The maximum Gasteiger partial charge on any atom is -0.0203 e. The second kappa shape index (κ2) is 17.0. The van der Waals surface area contributed by atoms with E-state index >= 15 is 0 Å². The van der Waals surface area contributed by atoms with Crippen LogP contribution in [0.3, 0.4) is 0 Å². The van der Waals surface area contributed by atoms with Gasteiger partial charge in [-0.2, -0.15) is 0 Å². The van der Waals surface area contributed by atoms with Crippen molar-refractivity contribution in [2.45, 2.75) is 79.6 Å². The molecule has 0 fully saturated rings. The fourth-order valence-corrected chi connectivity index (χ4v) is 2.30. The monoisotopic (exact) mass is 290 g/mol. The maximum absolute atomic E-state index is 3.77. The zero-order valence-electron chi connectivity index (χ0n) is 15.3. The van der Waals surface area contributed by atoms with Gasteiger partial charge in [-0.25, -0.2) is 0 Å². The summed E-state index contributed by atoms with van der Waals surface area (Å²) in [5.41, 5.74) is 2.71. The Morgan fingerprint density at radius 1 is 1.10 bits per heavy atom. The summed E-state index contributed by atoms with van der Waals surface area (Å²) >= 11 is 0. The minimum Gasteiger partial charge on any atom is -0.0991 e. The largest absolute Gasteiger partial charge is 0.0991 e. The van der Waals surface area contributed by atoms with Crippen LogP contribution < -0.4 is 0 Å². The highest BCUT2D eigenvalue weighted by Gasteiger charge is 2.08. The second-order valence-electron chi connectivity index (χ2n) is 5.62. The molecule has 0 aliphatic rings. The average molecular weight is 291 g/mol. The first-order valence-electron chi connectivity index (χ1n) is 8.70. The van der Waals surface area contributed by atoms with Gasteiger partial charge in [-0.05, 0) is 38.5 Å². The van der Waals surface area contributed by atoms with Crippen LogP contribution in [0.15, 0.2) is 48.6 Å². The zero-order chi connectivity index (χ0) is 16.5. The van der Waals surface area contributed by atoms with Gasteiger partial charge in [0.05, 0.1) is 0 Å². The highest BCUT2D eigenvalue weighted by Crippen LogP contribution is 2.23. The molecule has 0 aromatic heterocycles. The van der Waals surface area contributed by atoms with Crippen LogP contribution in [0.2, 0.25) is 0 Å². The fraction of sp³-hybridized carbons (Fsp3) is 0.619. The summed E-state index contributed by atoms with van der Waals surface area (Å²) in [5.74, 6) is 0.790. The second-order valence-corrected chi connectivity index (χ2v) is 5.62. The third kappa shape index (κ3) is 15.2. The third-order valence-electron chi connectivity index (χ3n) is 3.52. The molecule has 0 aliphatic heterocycles. The van der Waals surface area contributed by atoms with E-state index in [1.807, 2.05) is 13.0 Å². The van der Waals surface area contributed by atoms with Crippen molar-refractivity contribution in [3.05, 3.63) is 48.6 Å². The van der Waals surface area contributed by atoms with E-state index in [0.717, 1.165) is 11.5 Å². The van der Waals surface area contributed by atoms with Crippen LogP contribution in [-0.2, 0) is 0 Å². The van der Waals surface area contributed by atoms with Crippen LogP contribution in [0.25, 0.3) is 0 Å². The van der Waals surface area contributed by atoms with Gasteiger partial charge < -0.3 is 0 Å². The lowest BCUT2D eigenvalue weighted by molar-refractivity contribution is 0.522. The lowest BCUT2D eigenvalue weighted by atomic mass is 9.90. The van der Waals surface area contributed by atoms with Gasteiger partial charge in [0.25, 0.3) is 0 Å². The molecule has 0 N–H and O–H groups in total. The Kier molecular flexibility index (Phi) is 18.0. The van der Waals surface area contributed by atoms with E-state index in [4.69, 9.17) is 0 Å². The highest BCUT2D eigenvalue weighted by molar-refractivity contribution is 5.13. The molecule has 0 nitrogen and oxygen atoms in total. The van der Waals surface area contributed by atoms with E-state index in [-0.39, 0.29) is 0 Å². The van der Waals surface area contributed by atoms with Crippen LogP contribution in [0.4, 0.5) is 0 Å². The number of hydrogen-bond donors (Lipinski definition) is 0. The van der Waals surface area contributed by atoms with Crippen molar-refractivity contribution in [2.75, 3.05) is 0 Å². The Morgan fingerprint density at radius 3 is 2.14 bits per heavy atom. The van der Waals surface area contributed by atoms with Gasteiger partial charge in [0, 0.05) is 0 Å². The Hall–Kier alpha value is -1.04. The summed E-state index contributed by atoms with van der Waals surface area (Å²) in [7, 11) is 0. The van der Waals surface area contributed by atoms with E-state index in [1.54, 1.807) is 5.57 Å². The van der Waals surface area contributed by atoms with Crippen LogP contribution in [0, 0.1) is 5.92 Å². The maximum atomic E-state index is 3.77. The quantitative estimate of drug-likeness (QED) is 0.286. The Morgan fingerprint density at radius 2 is 1.76 bits per heavy atom. The van der Waals surface area contributed by atoms with E-state index in [9.17, 15) is 0 Å². The highest BCUT2D eigenvalue weighted by atomic mass is 14.1. The van der Waals surface area contributed by atoms with E-state index in [2.05, 4.69) is 59.1 Å². The minimum absolute atomic E-state index is 0.790. The summed E-state index contributed by atoms with van der Waals surface area (Å²) in [6, 6.07) is 0. The zero-order valence-corrected chi connectivity index (χ0v) is 15.3. The molecule has 0 amide bonds. The van der Waals surface area contributed by atoms with Crippen molar-refractivity contribution in [3.8, 4) is 0 Å². The van der Waals surface area contributed by atoms with Gasteiger partial charge in [-0.3, -0.25) is 0 Å². The van der Waals surface area contributed by atoms with Crippen molar-refractivity contribution in [3.63, 3.8) is 0 Å². The minimum atomic E-state index is 0.790. The lowest BCUT2D eigenvalue weighted by Gasteiger charge is -2.16. The van der Waals surface area contributed by atoms with Gasteiger partial charge in [-0.1, -0.05) is 95.6 Å². The number of allylic oxidation sites excluding steroid dienone is 6. The first-order chi connectivity index (χ1) is 10.1. The third-order valence-corrected chi connectivity index (χ3v) is 3.52. The number of unbranched alkanes of at least 4 members (excludes halogenated alkanes) is 2. The molecule has 0 aliphatic carbocycles. The molecule has 21 heavy (non-hydrogen) atoms. The van der Waals surface area contributed by atoms with Gasteiger partial charge in [0.1, 0.15) is 0 Å². The van der Waals surface area contributed by atoms with Crippen molar-refractivity contribution in [1.82, 2.24) is 0 Å². The lowest BCUT2D eigenvalue weighted by Crippen LogP contribution is -2.01. The summed E-state index contributed by atoms with van der Waals surface area (Å²) in [6.07, 6.45) is 17.2. The summed E-state index contributed by atoms with van der Waals surface area (Å²) in [4.78, 5) is 0. The molecule has 0 heteroatoms. The van der Waals surface area contributed by atoms with Crippen molar-refractivity contribution in [2.24, 2.45) is 5.92 Å². The van der Waals surface area contributed by atoms with Crippen LogP contribution in [-0.4, -0.2) is 0 Å². The number of rotatable bonds is 10. The first kappa shape index (κ1) is 22.2. The van der Waals surface area contributed by atoms with Gasteiger partial charge in [0.15, 0.2) is 0 Å². The van der Waals surface area contributed by atoms with Gasteiger partial charge in [0.2, 0.25) is 0 Å². The van der Waals surface area contributed by atoms with Crippen molar-refractivity contribution < 1.29 is 0 Å². The predicted octanol–water partition coefficient (Wildman–Crippen LogP) is 7.64. The molecular weight excluding hydrogens is 252 g/mol. The summed E-state index contributed by atoms with van der Waals surface area (Å²) < 4.78 is 0. The number of hydrogen-bond acceptors (Lipinski definition) is 0. The fourth-order valence-electron chi connectivity index (χ4n) is 2.30. The van der Waals surface area contributed by atoms with E-state index in [1.165, 1.54) is 44.9 Å². The molecule has 0 radical (unpaired) electrons. The Labute approximate surface area is 134 Å². The van der Waals surface area contributed by atoms with E-state index in [0.29, 0.717) is 0 Å². The topological polar surface area (TPSA) is 0 Å². The molecule has 0 bridgehead atoms. The summed E-state index contributed by atoms with van der Waals surface area (Å²) in [5, 5.41) is 0. The molecule has 0 saturated heterocycles. The SMILES string of the molecule is C=C(C)C=CCCCC.C=CC=C(CC)C(CC)CCC. The van der Waals surface area contributed by atoms with Gasteiger partial charge in [-0.15, -0.1) is 0 Å². The normalized spacial score (nSPS) is 12.7.